The van der Waals surface area contributed by atoms with Crippen molar-refractivity contribution < 1.29 is 9.18 Å². The van der Waals surface area contributed by atoms with Crippen molar-refractivity contribution in [1.82, 2.24) is 9.97 Å². The van der Waals surface area contributed by atoms with Gasteiger partial charge in [0, 0.05) is 6.20 Å². The molecule has 0 aliphatic heterocycles. The molecule has 19 heavy (non-hydrogen) atoms. The molecular formula is C13H8FN3OS. The van der Waals surface area contributed by atoms with Crippen LogP contribution < -0.4 is 5.32 Å². The van der Waals surface area contributed by atoms with Crippen molar-refractivity contribution in [2.24, 2.45) is 0 Å². The zero-order valence-corrected chi connectivity index (χ0v) is 10.4. The van der Waals surface area contributed by atoms with Crippen molar-refractivity contribution in [3.8, 4) is 0 Å². The van der Waals surface area contributed by atoms with E-state index >= 15 is 0 Å². The summed E-state index contributed by atoms with van der Waals surface area (Å²) in [6.07, 6.45) is 1.19. The average Bonchev–Trinajstić information content (AvgIpc) is 2.81. The number of nitrogens with zero attached hydrogens (tertiary/aromatic N) is 2. The lowest BCUT2D eigenvalue weighted by molar-refractivity contribution is 0.102. The van der Waals surface area contributed by atoms with Crippen LogP contribution in [0.25, 0.3) is 10.2 Å². The lowest BCUT2D eigenvalue weighted by Crippen LogP contribution is -2.12. The first-order chi connectivity index (χ1) is 9.22. The topological polar surface area (TPSA) is 54.9 Å². The SMILES string of the molecule is O=C(Nc1nc2ccccc2s1)c1ccc(F)nc1. The molecule has 3 rings (SSSR count). The number of hydrogen-bond acceptors (Lipinski definition) is 4. The molecule has 3 aromatic rings. The molecule has 94 valence electrons. The van der Waals surface area contributed by atoms with Gasteiger partial charge in [0.05, 0.1) is 15.8 Å². The first-order valence-electron chi connectivity index (χ1n) is 5.51. The lowest BCUT2D eigenvalue weighted by atomic mass is 10.3. The maximum absolute atomic E-state index is 12.7. The second kappa shape index (κ2) is 4.74. The van der Waals surface area contributed by atoms with Crippen LogP contribution in [-0.2, 0) is 0 Å². The van der Waals surface area contributed by atoms with E-state index in [4.69, 9.17) is 0 Å². The van der Waals surface area contributed by atoms with Crippen LogP contribution in [0.1, 0.15) is 10.4 Å². The third-order valence-electron chi connectivity index (χ3n) is 2.50. The second-order valence-corrected chi connectivity index (χ2v) is 4.84. The third-order valence-corrected chi connectivity index (χ3v) is 3.46. The number of benzene rings is 1. The molecule has 2 aromatic heterocycles. The summed E-state index contributed by atoms with van der Waals surface area (Å²) >= 11 is 1.39. The maximum atomic E-state index is 12.7. The number of hydrogen-bond donors (Lipinski definition) is 1. The Hall–Kier alpha value is -2.34. The highest BCUT2D eigenvalue weighted by Crippen LogP contribution is 2.25. The van der Waals surface area contributed by atoms with Gasteiger partial charge in [0.1, 0.15) is 0 Å². The molecule has 4 nitrogen and oxygen atoms in total. The maximum Gasteiger partial charge on any atom is 0.259 e. The number of carbonyl (C=O) groups is 1. The summed E-state index contributed by atoms with van der Waals surface area (Å²) in [5.41, 5.74) is 1.13. The summed E-state index contributed by atoms with van der Waals surface area (Å²) in [5, 5.41) is 3.18. The number of carbonyl (C=O) groups excluding carboxylic acids is 1. The number of fused-ring (bicyclic) bond motifs is 1. The smallest absolute Gasteiger partial charge is 0.259 e. The Morgan fingerprint density at radius 2 is 2.05 bits per heavy atom. The molecular weight excluding hydrogens is 265 g/mol. The van der Waals surface area contributed by atoms with E-state index in [0.29, 0.717) is 10.7 Å². The van der Waals surface area contributed by atoms with Crippen molar-refractivity contribution >= 4 is 32.6 Å². The van der Waals surface area contributed by atoms with Crippen molar-refractivity contribution in [3.05, 3.63) is 54.1 Å². The highest BCUT2D eigenvalue weighted by molar-refractivity contribution is 7.22. The molecule has 1 N–H and O–H groups in total. The molecule has 0 saturated heterocycles. The van der Waals surface area contributed by atoms with Crippen molar-refractivity contribution in [1.29, 1.82) is 0 Å². The quantitative estimate of drug-likeness (QED) is 0.730. The Balaban J connectivity index is 1.84. The molecule has 0 unspecified atom stereocenters. The fourth-order valence-electron chi connectivity index (χ4n) is 1.61. The summed E-state index contributed by atoms with van der Waals surface area (Å²) < 4.78 is 13.7. The lowest BCUT2D eigenvalue weighted by Gasteiger charge is -2.00. The summed E-state index contributed by atoms with van der Waals surface area (Å²) in [6, 6.07) is 10.1. The van der Waals surface area contributed by atoms with E-state index in [0.717, 1.165) is 16.3 Å². The molecule has 0 fully saturated rings. The van der Waals surface area contributed by atoms with Gasteiger partial charge in [0.25, 0.3) is 5.91 Å². The summed E-state index contributed by atoms with van der Waals surface area (Å²) in [6.45, 7) is 0. The van der Waals surface area contributed by atoms with E-state index in [1.54, 1.807) is 0 Å². The Morgan fingerprint density at radius 3 is 2.79 bits per heavy atom. The highest BCUT2D eigenvalue weighted by atomic mass is 32.1. The van der Waals surface area contributed by atoms with Gasteiger partial charge in [-0.3, -0.25) is 10.1 Å². The van der Waals surface area contributed by atoms with Crippen LogP contribution in [-0.4, -0.2) is 15.9 Å². The van der Waals surface area contributed by atoms with Gasteiger partial charge in [0.15, 0.2) is 5.13 Å². The van der Waals surface area contributed by atoms with Crippen LogP contribution in [0, 0.1) is 5.95 Å². The number of rotatable bonds is 2. The normalized spacial score (nSPS) is 10.6. The minimum Gasteiger partial charge on any atom is -0.298 e. The summed E-state index contributed by atoms with van der Waals surface area (Å²) in [5.74, 6) is -0.969. The van der Waals surface area contributed by atoms with Crippen LogP contribution in [0.4, 0.5) is 9.52 Å². The summed E-state index contributed by atoms with van der Waals surface area (Å²) in [7, 11) is 0. The first kappa shape index (κ1) is 11.7. The average molecular weight is 273 g/mol. The standard InChI is InChI=1S/C13H8FN3OS/c14-11-6-5-8(7-15-11)12(18)17-13-16-9-3-1-2-4-10(9)19-13/h1-7H,(H,16,17,18). The van der Waals surface area contributed by atoms with E-state index in [1.807, 2.05) is 24.3 Å². The van der Waals surface area contributed by atoms with Gasteiger partial charge in [-0.15, -0.1) is 0 Å². The predicted molar refractivity (Wildman–Crippen MR) is 71.8 cm³/mol. The Labute approximate surface area is 111 Å². The molecule has 0 aliphatic rings. The Kier molecular flexibility index (Phi) is 2.92. The van der Waals surface area contributed by atoms with Crippen LogP contribution in [0.15, 0.2) is 42.6 Å². The van der Waals surface area contributed by atoms with Gasteiger partial charge in [-0.2, -0.15) is 4.39 Å². The summed E-state index contributed by atoms with van der Waals surface area (Å²) in [4.78, 5) is 19.6. The molecule has 1 aromatic carbocycles. The van der Waals surface area contributed by atoms with Crippen molar-refractivity contribution in [3.63, 3.8) is 0 Å². The molecule has 0 saturated carbocycles. The Morgan fingerprint density at radius 1 is 1.21 bits per heavy atom. The molecule has 0 aliphatic carbocycles. The van der Waals surface area contributed by atoms with E-state index < -0.39 is 5.95 Å². The van der Waals surface area contributed by atoms with Gasteiger partial charge in [0.2, 0.25) is 5.95 Å². The molecule has 0 radical (unpaired) electrons. The molecule has 0 spiro atoms. The van der Waals surface area contributed by atoms with Gasteiger partial charge < -0.3 is 0 Å². The fraction of sp³-hybridized carbons (Fsp3) is 0. The van der Waals surface area contributed by atoms with E-state index in [9.17, 15) is 9.18 Å². The van der Waals surface area contributed by atoms with Crippen LogP contribution >= 0.6 is 11.3 Å². The van der Waals surface area contributed by atoms with E-state index in [-0.39, 0.29) is 5.91 Å². The Bertz CT molecular complexity index is 706. The number of nitrogens with one attached hydrogen (secondary N) is 1. The van der Waals surface area contributed by atoms with Crippen LogP contribution in [0.5, 0.6) is 0 Å². The zero-order chi connectivity index (χ0) is 13.2. The monoisotopic (exact) mass is 273 g/mol. The third kappa shape index (κ3) is 2.43. The number of para-hydroxylation sites is 1. The number of halogens is 1. The molecule has 1 amide bonds. The van der Waals surface area contributed by atoms with E-state index in [2.05, 4.69) is 15.3 Å². The second-order valence-electron chi connectivity index (χ2n) is 3.81. The molecule has 0 bridgehead atoms. The van der Waals surface area contributed by atoms with Gasteiger partial charge in [-0.05, 0) is 24.3 Å². The largest absolute Gasteiger partial charge is 0.298 e. The number of pyridine rings is 1. The van der Waals surface area contributed by atoms with Crippen LogP contribution in [0.2, 0.25) is 0 Å². The van der Waals surface area contributed by atoms with Crippen LogP contribution in [0.3, 0.4) is 0 Å². The van der Waals surface area contributed by atoms with Gasteiger partial charge >= 0.3 is 0 Å². The highest BCUT2D eigenvalue weighted by Gasteiger charge is 2.10. The molecule has 0 atom stereocenters. The first-order valence-corrected chi connectivity index (χ1v) is 6.32. The van der Waals surface area contributed by atoms with Gasteiger partial charge in [-0.25, -0.2) is 9.97 Å². The van der Waals surface area contributed by atoms with Crippen molar-refractivity contribution in [2.45, 2.75) is 0 Å². The number of anilines is 1. The predicted octanol–water partition coefficient (Wildman–Crippen LogP) is 3.08. The fourth-order valence-corrected chi connectivity index (χ4v) is 2.47. The minimum absolute atomic E-state index is 0.292. The molecule has 2 heterocycles. The van der Waals surface area contributed by atoms with E-state index in [1.165, 1.54) is 23.6 Å². The minimum atomic E-state index is -0.614. The zero-order valence-electron chi connectivity index (χ0n) is 9.63. The van der Waals surface area contributed by atoms with Crippen molar-refractivity contribution in [2.75, 3.05) is 5.32 Å². The number of amides is 1. The number of thiazole rings is 1. The number of aromatic nitrogens is 2. The molecule has 6 heteroatoms. The van der Waals surface area contributed by atoms with Gasteiger partial charge in [-0.1, -0.05) is 23.5 Å².